The minimum absolute atomic E-state index is 0.00153. The minimum atomic E-state index is -0.810. The lowest BCUT2D eigenvalue weighted by Gasteiger charge is -2.22. The van der Waals surface area contributed by atoms with Crippen molar-refractivity contribution in [1.82, 2.24) is 0 Å². The molecule has 0 amide bonds. The Labute approximate surface area is 103 Å². The maximum atomic E-state index is 11.3. The van der Waals surface area contributed by atoms with E-state index < -0.39 is 5.97 Å². The molecule has 1 aromatic rings. The van der Waals surface area contributed by atoms with E-state index in [9.17, 15) is 9.90 Å². The maximum Gasteiger partial charge on any atom is 0.335 e. The van der Waals surface area contributed by atoms with Gasteiger partial charge in [0, 0.05) is 0 Å². The van der Waals surface area contributed by atoms with Gasteiger partial charge in [0.05, 0.1) is 5.56 Å². The van der Waals surface area contributed by atoms with Crippen LogP contribution in [0, 0.1) is 6.92 Å². The fourth-order valence-electron chi connectivity index (χ4n) is 2.21. The van der Waals surface area contributed by atoms with Gasteiger partial charge in [0.2, 0.25) is 0 Å². The predicted octanol–water partition coefficient (Wildman–Crippen LogP) is 3.87. The molecule has 17 heavy (non-hydrogen) atoms. The van der Waals surface area contributed by atoms with Crippen molar-refractivity contribution in [2.24, 2.45) is 0 Å². The molecule has 0 aromatic heterocycles. The molecule has 1 saturated carbocycles. The molecule has 1 aliphatic carbocycles. The summed E-state index contributed by atoms with van der Waals surface area (Å²) in [6.45, 7) is 8.31. The predicted molar refractivity (Wildman–Crippen MR) is 68.8 cm³/mol. The molecule has 0 spiro atoms. The van der Waals surface area contributed by atoms with Gasteiger partial charge in [-0.05, 0) is 53.9 Å². The number of carboxylic acids is 1. The fourth-order valence-corrected chi connectivity index (χ4v) is 2.21. The van der Waals surface area contributed by atoms with Gasteiger partial charge in [-0.15, -0.1) is 0 Å². The molecule has 0 radical (unpaired) electrons. The lowest BCUT2D eigenvalue weighted by Crippen LogP contribution is -2.14. The molecule has 2 heteroatoms. The van der Waals surface area contributed by atoms with Gasteiger partial charge in [-0.1, -0.05) is 26.8 Å². The lowest BCUT2D eigenvalue weighted by atomic mass is 9.83. The summed E-state index contributed by atoms with van der Waals surface area (Å²) in [5.41, 5.74) is 3.80. The summed E-state index contributed by atoms with van der Waals surface area (Å²) in [5, 5.41) is 9.28. The van der Waals surface area contributed by atoms with E-state index in [-0.39, 0.29) is 5.41 Å². The number of hydrogen-bond acceptors (Lipinski definition) is 1. The van der Waals surface area contributed by atoms with Crippen molar-refractivity contribution >= 4 is 5.97 Å². The Morgan fingerprint density at radius 1 is 1.29 bits per heavy atom. The monoisotopic (exact) mass is 232 g/mol. The van der Waals surface area contributed by atoms with E-state index in [4.69, 9.17) is 0 Å². The maximum absolute atomic E-state index is 11.3. The second kappa shape index (κ2) is 3.86. The highest BCUT2D eigenvalue weighted by molar-refractivity contribution is 5.90. The van der Waals surface area contributed by atoms with Crippen molar-refractivity contribution in [3.63, 3.8) is 0 Å². The Hall–Kier alpha value is -1.31. The van der Waals surface area contributed by atoms with Gasteiger partial charge in [-0.25, -0.2) is 4.79 Å². The largest absolute Gasteiger partial charge is 0.478 e. The number of aromatic carboxylic acids is 1. The van der Waals surface area contributed by atoms with Crippen LogP contribution in [-0.2, 0) is 5.41 Å². The second-order valence-electron chi connectivity index (χ2n) is 6.07. The highest BCUT2D eigenvalue weighted by Gasteiger charge is 2.29. The summed E-state index contributed by atoms with van der Waals surface area (Å²) in [7, 11) is 0. The van der Waals surface area contributed by atoms with Crippen molar-refractivity contribution in [3.05, 3.63) is 34.4 Å². The minimum Gasteiger partial charge on any atom is -0.478 e. The van der Waals surface area contributed by atoms with Crippen molar-refractivity contribution in [2.75, 3.05) is 0 Å². The van der Waals surface area contributed by atoms with E-state index >= 15 is 0 Å². The summed E-state index contributed by atoms with van der Waals surface area (Å²) < 4.78 is 0. The quantitative estimate of drug-likeness (QED) is 0.840. The zero-order chi connectivity index (χ0) is 12.8. The molecule has 0 bridgehead atoms. The van der Waals surface area contributed by atoms with Gasteiger partial charge < -0.3 is 5.11 Å². The summed E-state index contributed by atoms with van der Waals surface area (Å²) in [4.78, 5) is 11.3. The topological polar surface area (TPSA) is 37.3 Å². The third kappa shape index (κ3) is 2.36. The highest BCUT2D eigenvalue weighted by atomic mass is 16.4. The third-order valence-electron chi connectivity index (χ3n) is 3.56. The molecule has 0 heterocycles. The normalized spacial score (nSPS) is 16.0. The summed E-state index contributed by atoms with van der Waals surface area (Å²) in [6, 6.07) is 4.04. The molecule has 1 aromatic carbocycles. The second-order valence-corrected chi connectivity index (χ2v) is 6.07. The molecular formula is C15H20O2. The standard InChI is InChI=1S/C15H20O2/c1-9-12(10-5-6-10)7-11(15(2,3)4)8-13(9)14(16)17/h7-8,10H,5-6H2,1-4H3,(H,16,17). The zero-order valence-corrected chi connectivity index (χ0v) is 11.0. The van der Waals surface area contributed by atoms with Crippen LogP contribution in [0.2, 0.25) is 0 Å². The van der Waals surface area contributed by atoms with Gasteiger partial charge in [0.25, 0.3) is 0 Å². The average Bonchev–Trinajstić information content (AvgIpc) is 2.99. The van der Waals surface area contributed by atoms with Crippen LogP contribution >= 0.6 is 0 Å². The third-order valence-corrected chi connectivity index (χ3v) is 3.56. The highest BCUT2D eigenvalue weighted by Crippen LogP contribution is 2.43. The average molecular weight is 232 g/mol. The Kier molecular flexibility index (Phi) is 2.76. The van der Waals surface area contributed by atoms with Crippen molar-refractivity contribution < 1.29 is 9.90 Å². The Morgan fingerprint density at radius 2 is 1.88 bits per heavy atom. The van der Waals surface area contributed by atoms with Gasteiger partial charge in [-0.2, -0.15) is 0 Å². The fraction of sp³-hybridized carbons (Fsp3) is 0.533. The Balaban J connectivity index is 2.60. The molecule has 1 fully saturated rings. The molecule has 0 saturated heterocycles. The Morgan fingerprint density at radius 3 is 2.29 bits per heavy atom. The van der Waals surface area contributed by atoms with Gasteiger partial charge >= 0.3 is 5.97 Å². The first-order valence-electron chi connectivity index (χ1n) is 6.19. The molecule has 2 nitrogen and oxygen atoms in total. The van der Waals surface area contributed by atoms with Crippen LogP contribution in [0.1, 0.15) is 66.6 Å². The van der Waals surface area contributed by atoms with Crippen LogP contribution in [0.4, 0.5) is 0 Å². The smallest absolute Gasteiger partial charge is 0.335 e. The number of carboxylic acid groups (broad SMARTS) is 1. The van der Waals surface area contributed by atoms with Crippen molar-refractivity contribution in [3.8, 4) is 0 Å². The van der Waals surface area contributed by atoms with Crippen LogP contribution in [0.3, 0.4) is 0 Å². The van der Waals surface area contributed by atoms with E-state index in [2.05, 4.69) is 26.8 Å². The number of benzene rings is 1. The van der Waals surface area contributed by atoms with Gasteiger partial charge in [0.15, 0.2) is 0 Å². The molecule has 92 valence electrons. The summed E-state index contributed by atoms with van der Waals surface area (Å²) in [6.07, 6.45) is 2.40. The van der Waals surface area contributed by atoms with Crippen LogP contribution in [0.5, 0.6) is 0 Å². The van der Waals surface area contributed by atoms with Crippen LogP contribution < -0.4 is 0 Å². The molecule has 1 aliphatic rings. The molecule has 0 unspecified atom stereocenters. The van der Waals surface area contributed by atoms with Gasteiger partial charge in [-0.3, -0.25) is 0 Å². The van der Waals surface area contributed by atoms with Crippen molar-refractivity contribution in [2.45, 2.75) is 51.9 Å². The van der Waals surface area contributed by atoms with E-state index in [1.54, 1.807) is 0 Å². The number of rotatable bonds is 2. The lowest BCUT2D eigenvalue weighted by molar-refractivity contribution is 0.0696. The molecule has 1 N–H and O–H groups in total. The van der Waals surface area contributed by atoms with Gasteiger partial charge in [0.1, 0.15) is 0 Å². The zero-order valence-electron chi connectivity index (χ0n) is 11.0. The molecule has 2 rings (SSSR count). The molecule has 0 aliphatic heterocycles. The number of carbonyl (C=O) groups is 1. The van der Waals surface area contributed by atoms with E-state index in [1.165, 1.54) is 18.4 Å². The van der Waals surface area contributed by atoms with Crippen LogP contribution in [0.15, 0.2) is 12.1 Å². The number of hydrogen-bond donors (Lipinski definition) is 1. The summed E-state index contributed by atoms with van der Waals surface area (Å²) >= 11 is 0. The molecular weight excluding hydrogens is 212 g/mol. The first kappa shape index (κ1) is 12.2. The SMILES string of the molecule is Cc1c(C(=O)O)cc(C(C)(C)C)cc1C1CC1. The van der Waals surface area contributed by atoms with E-state index in [1.807, 2.05) is 13.0 Å². The van der Waals surface area contributed by atoms with E-state index in [0.717, 1.165) is 11.1 Å². The van der Waals surface area contributed by atoms with E-state index in [0.29, 0.717) is 11.5 Å². The Bertz CT molecular complexity index is 463. The van der Waals surface area contributed by atoms with Crippen LogP contribution in [-0.4, -0.2) is 11.1 Å². The first-order chi connectivity index (χ1) is 7.80. The van der Waals surface area contributed by atoms with Crippen molar-refractivity contribution in [1.29, 1.82) is 0 Å². The summed E-state index contributed by atoms with van der Waals surface area (Å²) in [5.74, 6) is -0.217. The first-order valence-corrected chi connectivity index (χ1v) is 6.19. The molecule has 0 atom stereocenters. The van der Waals surface area contributed by atoms with Crippen LogP contribution in [0.25, 0.3) is 0 Å².